The first kappa shape index (κ1) is 21.8. The molecule has 1 N–H and O–H groups in total. The number of amides is 1. The van der Waals surface area contributed by atoms with Crippen LogP contribution < -0.4 is 19.1 Å². The molecule has 0 spiro atoms. The van der Waals surface area contributed by atoms with E-state index in [2.05, 4.69) is 10.9 Å². The lowest BCUT2D eigenvalue weighted by Crippen LogP contribution is -2.39. The van der Waals surface area contributed by atoms with Crippen LogP contribution in [0.5, 0.6) is 23.0 Å². The minimum Gasteiger partial charge on any atom is -0.493 e. The van der Waals surface area contributed by atoms with Crippen molar-refractivity contribution in [1.82, 2.24) is 4.98 Å². The van der Waals surface area contributed by atoms with Crippen molar-refractivity contribution in [2.45, 2.75) is 25.8 Å². The highest BCUT2D eigenvalue weighted by molar-refractivity contribution is 5.89. The first-order valence-corrected chi connectivity index (χ1v) is 9.76. The molecule has 3 rings (SSSR count). The molecule has 0 saturated heterocycles. The Labute approximate surface area is 181 Å². The number of aromatic nitrogens is 1. The molecule has 0 saturated carbocycles. The van der Waals surface area contributed by atoms with Crippen LogP contribution in [0.3, 0.4) is 0 Å². The van der Waals surface area contributed by atoms with Crippen LogP contribution in [0.2, 0.25) is 0 Å². The number of nitrogens with zero attached hydrogens (tertiary/aromatic N) is 2. The Kier molecular flexibility index (Phi) is 6.83. The van der Waals surface area contributed by atoms with Crippen LogP contribution >= 0.6 is 0 Å². The van der Waals surface area contributed by atoms with Gasteiger partial charge in [-0.2, -0.15) is 0 Å². The van der Waals surface area contributed by atoms with Gasteiger partial charge in [-0.15, -0.1) is 12.3 Å². The number of carbonyl (C=O) groups is 1. The van der Waals surface area contributed by atoms with Crippen molar-refractivity contribution < 1.29 is 24.1 Å². The molecular weight excluding hydrogens is 396 g/mol. The van der Waals surface area contributed by atoms with Gasteiger partial charge < -0.3 is 19.3 Å². The van der Waals surface area contributed by atoms with Gasteiger partial charge in [-0.1, -0.05) is 6.92 Å². The highest BCUT2D eigenvalue weighted by atomic mass is 16.5. The van der Waals surface area contributed by atoms with Crippen molar-refractivity contribution in [1.29, 1.82) is 0 Å². The number of hydrogen-bond donors (Lipinski definition) is 1. The molecule has 0 aliphatic carbocycles. The summed E-state index contributed by atoms with van der Waals surface area (Å²) in [5.74, 6) is 4.84. The minimum atomic E-state index is -1.04. The Bertz CT molecular complexity index is 1110. The average Bonchev–Trinajstić information content (AvgIpc) is 2.78. The summed E-state index contributed by atoms with van der Waals surface area (Å²) >= 11 is 0. The van der Waals surface area contributed by atoms with Crippen molar-refractivity contribution in [2.24, 2.45) is 0 Å². The normalized spacial score (nSPS) is 11.4. The Hall–Kier alpha value is -3.92. The number of carboxylic acid groups (broad SMARTS) is 1. The topological polar surface area (TPSA) is 81.1 Å². The lowest BCUT2D eigenvalue weighted by Gasteiger charge is -2.27. The Balaban J connectivity index is 1.91. The summed E-state index contributed by atoms with van der Waals surface area (Å²) in [7, 11) is 3.13. The fourth-order valence-electron chi connectivity index (χ4n) is 3.37. The number of rotatable bonds is 8. The predicted molar refractivity (Wildman–Crippen MR) is 119 cm³/mol. The molecule has 3 aromatic rings. The van der Waals surface area contributed by atoms with Crippen molar-refractivity contribution >= 4 is 22.7 Å². The standard InChI is InChI=1S/C24H24N2O5/c1-5-7-16(6-2)26(24(27)28)17-8-10-18(11-9-17)31-21-12-13-25-20-15-23(30-4)22(29-3)14-19(20)21/h1,8-16H,6-7H2,2-4H3,(H,27,28). The van der Waals surface area contributed by atoms with Crippen molar-refractivity contribution in [2.75, 3.05) is 19.1 Å². The summed E-state index contributed by atoms with van der Waals surface area (Å²) in [6.07, 6.45) is 6.96. The van der Waals surface area contributed by atoms with E-state index in [1.807, 2.05) is 13.0 Å². The van der Waals surface area contributed by atoms with Crippen LogP contribution in [0.1, 0.15) is 19.8 Å². The zero-order valence-electron chi connectivity index (χ0n) is 17.7. The molecule has 0 radical (unpaired) electrons. The summed E-state index contributed by atoms with van der Waals surface area (Å²) < 4.78 is 16.8. The van der Waals surface area contributed by atoms with Crippen LogP contribution in [0.4, 0.5) is 10.5 Å². The average molecular weight is 420 g/mol. The molecule has 31 heavy (non-hydrogen) atoms. The second-order valence-electron chi connectivity index (χ2n) is 6.75. The maximum absolute atomic E-state index is 11.8. The molecule has 2 aromatic carbocycles. The second-order valence-corrected chi connectivity index (χ2v) is 6.75. The fraction of sp³-hybridized carbons (Fsp3) is 0.250. The molecule has 1 unspecified atom stereocenters. The lowest BCUT2D eigenvalue weighted by atomic mass is 10.1. The number of methoxy groups -OCH3 is 2. The van der Waals surface area contributed by atoms with E-state index < -0.39 is 6.09 Å². The van der Waals surface area contributed by atoms with Gasteiger partial charge in [0.05, 0.1) is 25.8 Å². The van der Waals surface area contributed by atoms with Crippen LogP contribution in [0.25, 0.3) is 10.9 Å². The molecule has 7 nitrogen and oxygen atoms in total. The fourth-order valence-corrected chi connectivity index (χ4v) is 3.37. The van der Waals surface area contributed by atoms with Gasteiger partial charge in [0.1, 0.15) is 11.5 Å². The van der Waals surface area contributed by atoms with E-state index in [1.54, 1.807) is 56.8 Å². The maximum Gasteiger partial charge on any atom is 0.412 e. The molecule has 0 fully saturated rings. The van der Waals surface area contributed by atoms with Gasteiger partial charge in [-0.3, -0.25) is 9.88 Å². The van der Waals surface area contributed by atoms with Gasteiger partial charge in [-0.05, 0) is 42.8 Å². The van der Waals surface area contributed by atoms with Crippen LogP contribution in [0, 0.1) is 12.3 Å². The summed E-state index contributed by atoms with van der Waals surface area (Å²) in [6, 6.07) is 11.9. The summed E-state index contributed by atoms with van der Waals surface area (Å²) in [5.41, 5.74) is 1.23. The lowest BCUT2D eigenvalue weighted by molar-refractivity contribution is 0.198. The molecule has 0 bridgehead atoms. The molecule has 160 valence electrons. The number of pyridine rings is 1. The summed E-state index contributed by atoms with van der Waals surface area (Å²) in [4.78, 5) is 17.5. The number of benzene rings is 2. The number of fused-ring (bicyclic) bond motifs is 1. The molecule has 0 aliphatic heterocycles. The quantitative estimate of drug-likeness (QED) is 0.496. The molecule has 7 heteroatoms. The van der Waals surface area contributed by atoms with E-state index in [1.165, 1.54) is 4.90 Å². The Morgan fingerprint density at radius 1 is 1.13 bits per heavy atom. The molecule has 1 atom stereocenters. The van der Waals surface area contributed by atoms with E-state index in [4.69, 9.17) is 20.6 Å². The largest absolute Gasteiger partial charge is 0.493 e. The van der Waals surface area contributed by atoms with E-state index in [0.29, 0.717) is 47.0 Å². The third-order valence-electron chi connectivity index (χ3n) is 4.95. The van der Waals surface area contributed by atoms with Crippen molar-refractivity contribution in [3.63, 3.8) is 0 Å². The van der Waals surface area contributed by atoms with Gasteiger partial charge in [0.25, 0.3) is 0 Å². The number of ether oxygens (including phenoxy) is 3. The van der Waals surface area contributed by atoms with Crippen LogP contribution in [0.15, 0.2) is 48.7 Å². The Morgan fingerprint density at radius 2 is 1.81 bits per heavy atom. The number of hydrogen-bond acceptors (Lipinski definition) is 5. The monoisotopic (exact) mass is 420 g/mol. The minimum absolute atomic E-state index is 0.291. The van der Waals surface area contributed by atoms with Crippen LogP contribution in [-0.2, 0) is 0 Å². The predicted octanol–water partition coefficient (Wildman–Crippen LogP) is 5.33. The first-order valence-electron chi connectivity index (χ1n) is 9.76. The Morgan fingerprint density at radius 3 is 2.39 bits per heavy atom. The molecular formula is C24H24N2O5. The number of terminal acetylenes is 1. The molecule has 1 amide bonds. The van der Waals surface area contributed by atoms with Crippen molar-refractivity contribution in [3.8, 4) is 35.3 Å². The summed E-state index contributed by atoms with van der Waals surface area (Å²) in [6.45, 7) is 1.91. The highest BCUT2D eigenvalue weighted by Gasteiger charge is 2.23. The highest BCUT2D eigenvalue weighted by Crippen LogP contribution is 2.37. The third kappa shape index (κ3) is 4.64. The molecule has 1 aromatic heterocycles. The first-order chi connectivity index (χ1) is 15.0. The van der Waals surface area contributed by atoms with E-state index >= 15 is 0 Å². The van der Waals surface area contributed by atoms with Crippen molar-refractivity contribution in [3.05, 3.63) is 48.7 Å². The van der Waals surface area contributed by atoms with Gasteiger partial charge >= 0.3 is 6.09 Å². The van der Waals surface area contributed by atoms with E-state index in [9.17, 15) is 9.90 Å². The van der Waals surface area contributed by atoms with E-state index in [0.717, 1.165) is 5.39 Å². The maximum atomic E-state index is 11.8. The molecule has 1 heterocycles. The zero-order valence-corrected chi connectivity index (χ0v) is 17.7. The third-order valence-corrected chi connectivity index (χ3v) is 4.95. The van der Waals surface area contributed by atoms with Gasteiger partial charge in [-0.25, -0.2) is 4.79 Å². The van der Waals surface area contributed by atoms with Gasteiger partial charge in [0.15, 0.2) is 11.5 Å². The molecule has 0 aliphatic rings. The number of anilines is 1. The van der Waals surface area contributed by atoms with Gasteiger partial charge in [0, 0.05) is 29.8 Å². The van der Waals surface area contributed by atoms with Crippen LogP contribution in [-0.4, -0.2) is 36.4 Å². The smallest absolute Gasteiger partial charge is 0.412 e. The SMILES string of the molecule is C#CCC(CC)N(C(=O)O)c1ccc(Oc2ccnc3cc(OC)c(OC)cc23)cc1. The second kappa shape index (κ2) is 9.72. The van der Waals surface area contributed by atoms with E-state index in [-0.39, 0.29) is 6.04 Å². The summed E-state index contributed by atoms with van der Waals surface area (Å²) in [5, 5.41) is 10.4. The zero-order chi connectivity index (χ0) is 22.4. The van der Waals surface area contributed by atoms with Gasteiger partial charge in [0.2, 0.25) is 0 Å².